The molecule has 2 N–H and O–H groups in total. The Labute approximate surface area is 36.4 Å². The maximum absolute atomic E-state index is 7.15. The third-order valence-electron chi connectivity index (χ3n) is 0. The van der Waals surface area contributed by atoms with Crippen LogP contribution >= 0.6 is 9.03 Å². The molecule has 0 saturated heterocycles. The molecule has 2 nitrogen and oxygen atoms in total. The van der Waals surface area contributed by atoms with Crippen LogP contribution in [0.1, 0.15) is 0 Å². The molecule has 0 atom stereocenters. The van der Waals surface area contributed by atoms with Gasteiger partial charge < -0.3 is 9.79 Å². The normalized spacial score (nSPS) is 4.50. The van der Waals surface area contributed by atoms with Crippen molar-refractivity contribution in [1.29, 1.82) is 0 Å². The van der Waals surface area contributed by atoms with Crippen molar-refractivity contribution in [2.75, 3.05) is 0 Å². The van der Waals surface area contributed by atoms with Crippen molar-refractivity contribution in [1.82, 2.24) is 0 Å². The monoisotopic (exact) mass is 125 g/mol. The summed E-state index contributed by atoms with van der Waals surface area (Å²) in [5, 5.41) is 0. The van der Waals surface area contributed by atoms with E-state index >= 15 is 0 Å². The van der Waals surface area contributed by atoms with Crippen molar-refractivity contribution in [3.05, 3.63) is 0 Å². The largest absolute Gasteiger partial charge is 0.352 e. The minimum atomic E-state index is -0.917. The molecule has 0 aromatic heterocycles. The first-order valence-electron chi connectivity index (χ1n) is 0.447. The van der Waals surface area contributed by atoms with Crippen LogP contribution in [0, 0.1) is 0 Å². The molecule has 4 heavy (non-hydrogen) atoms. The van der Waals surface area contributed by atoms with Crippen LogP contribution in [0.4, 0.5) is 0 Å². The van der Waals surface area contributed by atoms with Crippen molar-refractivity contribution in [2.24, 2.45) is 0 Å². The number of hydrogen-bond acceptors (Lipinski definition) is 2. The van der Waals surface area contributed by atoms with Crippen LogP contribution in [-0.4, -0.2) is 9.79 Å². The summed E-state index contributed by atoms with van der Waals surface area (Å²) in [4.78, 5) is 14.3. The van der Waals surface area contributed by atoms with Crippen LogP contribution in [0.5, 0.6) is 0 Å². The van der Waals surface area contributed by atoms with E-state index in [1.165, 1.54) is 0 Å². The Morgan fingerprint density at radius 2 is 1.25 bits per heavy atom. The second-order valence-corrected chi connectivity index (χ2v) is 0.300. The minimum Gasteiger partial charge on any atom is -0.352 e. The van der Waals surface area contributed by atoms with Gasteiger partial charge >= 0.3 is 0 Å². The molecule has 0 unspecified atom stereocenters. The summed E-state index contributed by atoms with van der Waals surface area (Å²) < 4.78 is 0. The molecule has 0 saturated carbocycles. The van der Waals surface area contributed by atoms with Gasteiger partial charge in [0.25, 0.3) is 0 Å². The van der Waals surface area contributed by atoms with Crippen LogP contribution in [0.25, 0.3) is 0 Å². The van der Waals surface area contributed by atoms with Gasteiger partial charge in [-0.15, -0.1) is 0 Å². The maximum atomic E-state index is 7.15. The van der Waals surface area contributed by atoms with Gasteiger partial charge in [-0.1, -0.05) is 0 Å². The van der Waals surface area contributed by atoms with Gasteiger partial charge in [0.1, 0.15) is 9.03 Å². The molecule has 0 aliphatic heterocycles. The standard InChI is InChI=1S/Co.H3O2P/c;1-3-2/h;1-3H. The van der Waals surface area contributed by atoms with E-state index in [4.69, 9.17) is 9.79 Å². The van der Waals surface area contributed by atoms with E-state index in [1.54, 1.807) is 0 Å². The molecule has 4 heteroatoms. The quantitative estimate of drug-likeness (QED) is 0.427. The molecule has 0 aromatic rings. The zero-order chi connectivity index (χ0) is 2.71. The Morgan fingerprint density at radius 3 is 1.25 bits per heavy atom. The smallest absolute Gasteiger partial charge is 0.149 e. The van der Waals surface area contributed by atoms with Crippen molar-refractivity contribution in [2.45, 2.75) is 0 Å². The van der Waals surface area contributed by atoms with Gasteiger partial charge in [0, 0.05) is 16.8 Å². The molecule has 0 spiro atoms. The van der Waals surface area contributed by atoms with Gasteiger partial charge in [0.05, 0.1) is 0 Å². The maximum Gasteiger partial charge on any atom is 0.149 e. The first kappa shape index (κ1) is 8.85. The van der Waals surface area contributed by atoms with Crippen molar-refractivity contribution in [3.63, 3.8) is 0 Å². The fourth-order valence-electron chi connectivity index (χ4n) is 0. The van der Waals surface area contributed by atoms with Gasteiger partial charge in [-0.2, -0.15) is 0 Å². The predicted molar refractivity (Wildman–Crippen MR) is 12.8 cm³/mol. The van der Waals surface area contributed by atoms with Gasteiger partial charge in [-0.3, -0.25) is 0 Å². The van der Waals surface area contributed by atoms with E-state index in [1.807, 2.05) is 0 Å². The average Bonchev–Trinajstić information content (AvgIpc) is 0.918. The molecule has 0 aromatic carbocycles. The topological polar surface area (TPSA) is 40.5 Å². The fraction of sp³-hybridized carbons (Fsp3) is 0. The summed E-state index contributed by atoms with van der Waals surface area (Å²) in [7, 11) is -0.917. The van der Waals surface area contributed by atoms with Crippen LogP contribution in [0.15, 0.2) is 0 Å². The van der Waals surface area contributed by atoms with Crippen LogP contribution < -0.4 is 0 Å². The molecular formula is H3CoO2P. The summed E-state index contributed by atoms with van der Waals surface area (Å²) >= 11 is 0. The Bertz CT molecular complexity index is 6.00. The second kappa shape index (κ2) is 9.13. The van der Waals surface area contributed by atoms with Crippen LogP contribution in [-0.2, 0) is 16.8 Å². The van der Waals surface area contributed by atoms with Gasteiger partial charge in [-0.05, 0) is 0 Å². The SMILES string of the molecule is OPO.[Co]. The minimum absolute atomic E-state index is 0. The number of rotatable bonds is 0. The predicted octanol–water partition coefficient (Wildman–Crippen LogP) is -0.523. The molecule has 0 aliphatic rings. The second-order valence-electron chi connectivity index (χ2n) is 0.100. The van der Waals surface area contributed by atoms with Crippen molar-refractivity contribution >= 4 is 9.03 Å². The third kappa shape index (κ3) is 13.4. The summed E-state index contributed by atoms with van der Waals surface area (Å²) in [6.07, 6.45) is 0. The molecular weight excluding hydrogens is 122 g/mol. The average molecular weight is 125 g/mol. The van der Waals surface area contributed by atoms with E-state index in [2.05, 4.69) is 0 Å². The Kier molecular flexibility index (Phi) is 20.2. The first-order valence-corrected chi connectivity index (χ1v) is 1.34. The van der Waals surface area contributed by atoms with Crippen molar-refractivity contribution < 1.29 is 26.6 Å². The van der Waals surface area contributed by atoms with E-state index in [0.29, 0.717) is 0 Å². The summed E-state index contributed by atoms with van der Waals surface area (Å²) in [5.41, 5.74) is 0. The zero-order valence-corrected chi connectivity index (χ0v) is 3.77. The number of hydrogen-bond donors (Lipinski definition) is 2. The molecule has 0 bridgehead atoms. The van der Waals surface area contributed by atoms with Crippen LogP contribution in [0.3, 0.4) is 0 Å². The summed E-state index contributed by atoms with van der Waals surface area (Å²) in [6.45, 7) is 0. The van der Waals surface area contributed by atoms with E-state index in [9.17, 15) is 0 Å². The van der Waals surface area contributed by atoms with E-state index < -0.39 is 9.03 Å². The molecule has 0 heterocycles. The van der Waals surface area contributed by atoms with Gasteiger partial charge in [0.2, 0.25) is 0 Å². The molecule has 0 amide bonds. The van der Waals surface area contributed by atoms with E-state index in [-0.39, 0.29) is 16.8 Å². The third-order valence-corrected chi connectivity index (χ3v) is 0. The first-order chi connectivity index (χ1) is 1.41. The molecule has 1 radical (unpaired) electrons. The van der Waals surface area contributed by atoms with Gasteiger partial charge in [-0.25, -0.2) is 0 Å². The van der Waals surface area contributed by atoms with Crippen molar-refractivity contribution in [3.8, 4) is 0 Å². The zero-order valence-electron chi connectivity index (χ0n) is 1.73. The molecule has 29 valence electrons. The van der Waals surface area contributed by atoms with E-state index in [0.717, 1.165) is 0 Å². The molecule has 0 rings (SSSR count). The Hall–Kier alpha value is 0.856. The Balaban J connectivity index is 0. The summed E-state index contributed by atoms with van der Waals surface area (Å²) in [6, 6.07) is 0. The van der Waals surface area contributed by atoms with Gasteiger partial charge in [0.15, 0.2) is 0 Å². The Morgan fingerprint density at radius 1 is 1.25 bits per heavy atom. The van der Waals surface area contributed by atoms with Crippen LogP contribution in [0.2, 0.25) is 0 Å². The fourth-order valence-corrected chi connectivity index (χ4v) is 0. The molecule has 0 aliphatic carbocycles. The molecule has 0 fully saturated rings. The summed E-state index contributed by atoms with van der Waals surface area (Å²) in [5.74, 6) is 0.